The van der Waals surface area contributed by atoms with Gasteiger partial charge in [-0.3, -0.25) is 4.79 Å². The molecule has 0 aliphatic heterocycles. The van der Waals surface area contributed by atoms with Crippen molar-refractivity contribution in [2.45, 2.75) is 13.2 Å². The Morgan fingerprint density at radius 3 is 3.00 bits per heavy atom. The van der Waals surface area contributed by atoms with Gasteiger partial charge in [0.1, 0.15) is 31.4 Å². The average Bonchev–Trinajstić information content (AvgIpc) is 2.83. The van der Waals surface area contributed by atoms with Crippen molar-refractivity contribution in [3.05, 3.63) is 41.5 Å². The standard InChI is InChI=1S/C12H10FN5O2/c13-10-2-1-8(3-9(10)4-14)6-20-11(19)5-18-7-16-12(15)17-18/h1-3,7H,5-6H2,(H2,15,17). The molecular weight excluding hydrogens is 265 g/mol. The Bertz CT molecular complexity index is 677. The first-order valence-corrected chi connectivity index (χ1v) is 5.57. The highest BCUT2D eigenvalue weighted by atomic mass is 19.1. The maximum Gasteiger partial charge on any atom is 0.328 e. The topological polar surface area (TPSA) is 107 Å². The predicted molar refractivity (Wildman–Crippen MR) is 65.3 cm³/mol. The van der Waals surface area contributed by atoms with Crippen molar-refractivity contribution in [1.82, 2.24) is 14.8 Å². The van der Waals surface area contributed by atoms with E-state index in [0.29, 0.717) is 5.56 Å². The van der Waals surface area contributed by atoms with E-state index in [4.69, 9.17) is 15.7 Å². The number of halogens is 1. The van der Waals surface area contributed by atoms with E-state index in [1.165, 1.54) is 23.1 Å². The van der Waals surface area contributed by atoms with Gasteiger partial charge in [0.25, 0.3) is 0 Å². The second kappa shape index (κ2) is 5.79. The molecular formula is C12H10FN5O2. The summed E-state index contributed by atoms with van der Waals surface area (Å²) in [6.07, 6.45) is 1.31. The second-order valence-electron chi connectivity index (χ2n) is 3.89. The van der Waals surface area contributed by atoms with E-state index in [9.17, 15) is 9.18 Å². The molecule has 102 valence electrons. The van der Waals surface area contributed by atoms with Crippen molar-refractivity contribution < 1.29 is 13.9 Å². The lowest BCUT2D eigenvalue weighted by molar-refractivity contribution is -0.145. The maximum absolute atomic E-state index is 13.1. The van der Waals surface area contributed by atoms with E-state index in [-0.39, 0.29) is 24.7 Å². The minimum Gasteiger partial charge on any atom is -0.459 e. The van der Waals surface area contributed by atoms with Crippen LogP contribution in [0.25, 0.3) is 0 Å². The molecule has 1 heterocycles. The van der Waals surface area contributed by atoms with Crippen molar-refractivity contribution in [2.24, 2.45) is 0 Å². The van der Waals surface area contributed by atoms with Crippen molar-refractivity contribution in [2.75, 3.05) is 5.73 Å². The van der Waals surface area contributed by atoms with Crippen LogP contribution in [0.3, 0.4) is 0 Å². The summed E-state index contributed by atoms with van der Waals surface area (Å²) < 4.78 is 19.3. The Labute approximate surface area is 113 Å². The quantitative estimate of drug-likeness (QED) is 0.819. The largest absolute Gasteiger partial charge is 0.459 e. The van der Waals surface area contributed by atoms with Gasteiger partial charge in [-0.1, -0.05) is 6.07 Å². The minimum absolute atomic E-state index is 0.0576. The smallest absolute Gasteiger partial charge is 0.328 e. The van der Waals surface area contributed by atoms with Gasteiger partial charge >= 0.3 is 5.97 Å². The third-order valence-corrected chi connectivity index (χ3v) is 2.40. The fourth-order valence-electron chi connectivity index (χ4n) is 1.47. The molecule has 2 aromatic rings. The number of esters is 1. The molecule has 0 unspecified atom stereocenters. The highest BCUT2D eigenvalue weighted by Gasteiger charge is 2.08. The molecule has 0 saturated heterocycles. The summed E-state index contributed by atoms with van der Waals surface area (Å²) in [5.41, 5.74) is 5.73. The fourth-order valence-corrected chi connectivity index (χ4v) is 1.47. The van der Waals surface area contributed by atoms with Crippen LogP contribution in [0.15, 0.2) is 24.5 Å². The van der Waals surface area contributed by atoms with Crippen LogP contribution in [0.2, 0.25) is 0 Å². The number of ether oxygens (including phenoxy) is 1. The summed E-state index contributed by atoms with van der Waals surface area (Å²) in [6.45, 7) is -0.186. The lowest BCUT2D eigenvalue weighted by Gasteiger charge is -2.05. The van der Waals surface area contributed by atoms with Crippen molar-refractivity contribution in [3.8, 4) is 6.07 Å². The summed E-state index contributed by atoms with van der Waals surface area (Å²) in [4.78, 5) is 15.2. The third-order valence-electron chi connectivity index (χ3n) is 2.40. The highest BCUT2D eigenvalue weighted by Crippen LogP contribution is 2.10. The van der Waals surface area contributed by atoms with E-state index >= 15 is 0 Å². The third kappa shape index (κ3) is 3.29. The molecule has 8 heteroatoms. The molecule has 0 bridgehead atoms. The first-order valence-electron chi connectivity index (χ1n) is 5.57. The van der Waals surface area contributed by atoms with Crippen LogP contribution < -0.4 is 5.73 Å². The van der Waals surface area contributed by atoms with Gasteiger partial charge in [-0.15, -0.1) is 5.10 Å². The number of nitriles is 1. The van der Waals surface area contributed by atoms with Crippen LogP contribution in [-0.2, 0) is 22.7 Å². The lowest BCUT2D eigenvalue weighted by atomic mass is 10.1. The summed E-state index contributed by atoms with van der Waals surface area (Å²) in [5.74, 6) is -1.09. The van der Waals surface area contributed by atoms with Crippen molar-refractivity contribution >= 4 is 11.9 Å². The molecule has 0 fully saturated rings. The molecule has 1 aromatic heterocycles. The number of benzene rings is 1. The van der Waals surface area contributed by atoms with Gasteiger partial charge in [0, 0.05) is 0 Å². The van der Waals surface area contributed by atoms with Crippen LogP contribution in [0.4, 0.5) is 10.3 Å². The Balaban J connectivity index is 1.92. The van der Waals surface area contributed by atoms with Gasteiger partial charge in [0.15, 0.2) is 0 Å². The van der Waals surface area contributed by atoms with Crippen molar-refractivity contribution in [3.63, 3.8) is 0 Å². The molecule has 7 nitrogen and oxygen atoms in total. The van der Waals surface area contributed by atoms with Crippen LogP contribution in [0, 0.1) is 17.1 Å². The predicted octanol–water partition coefficient (Wildman–Crippen LogP) is 0.614. The number of anilines is 1. The summed E-state index contributed by atoms with van der Waals surface area (Å²) >= 11 is 0. The zero-order chi connectivity index (χ0) is 14.5. The Kier molecular flexibility index (Phi) is 3.91. The van der Waals surface area contributed by atoms with E-state index in [0.717, 1.165) is 6.07 Å². The Morgan fingerprint density at radius 2 is 2.35 bits per heavy atom. The number of nitrogen functional groups attached to an aromatic ring is 1. The summed E-state index contributed by atoms with van der Waals surface area (Å²) in [6, 6.07) is 5.64. The van der Waals surface area contributed by atoms with Gasteiger partial charge in [-0.05, 0) is 17.7 Å². The van der Waals surface area contributed by atoms with Crippen LogP contribution >= 0.6 is 0 Å². The molecule has 0 spiro atoms. The van der Waals surface area contributed by atoms with E-state index < -0.39 is 11.8 Å². The number of carbonyl (C=O) groups excluding carboxylic acids is 1. The normalized spacial score (nSPS) is 10.0. The van der Waals surface area contributed by atoms with E-state index in [1.807, 2.05) is 0 Å². The first-order chi connectivity index (χ1) is 9.58. The highest BCUT2D eigenvalue weighted by molar-refractivity contribution is 5.69. The number of hydrogen-bond acceptors (Lipinski definition) is 6. The van der Waals surface area contributed by atoms with Crippen molar-refractivity contribution in [1.29, 1.82) is 5.26 Å². The number of nitrogens with zero attached hydrogens (tertiary/aromatic N) is 4. The number of nitrogens with two attached hydrogens (primary N) is 1. The van der Waals surface area contributed by atoms with Gasteiger partial charge in [-0.25, -0.2) is 14.1 Å². The zero-order valence-electron chi connectivity index (χ0n) is 10.3. The summed E-state index contributed by atoms with van der Waals surface area (Å²) in [5, 5.41) is 12.4. The number of carbonyl (C=O) groups is 1. The van der Waals surface area contributed by atoms with Gasteiger partial charge < -0.3 is 10.5 Å². The SMILES string of the molecule is N#Cc1cc(COC(=O)Cn2cnc(N)n2)ccc1F. The average molecular weight is 275 g/mol. The lowest BCUT2D eigenvalue weighted by Crippen LogP contribution is -2.14. The molecule has 0 aliphatic carbocycles. The molecule has 0 saturated carbocycles. The monoisotopic (exact) mass is 275 g/mol. The first kappa shape index (κ1) is 13.5. The van der Waals surface area contributed by atoms with Crippen LogP contribution in [0.5, 0.6) is 0 Å². The molecule has 0 radical (unpaired) electrons. The van der Waals surface area contributed by atoms with Gasteiger partial charge in [0.05, 0.1) is 5.56 Å². The minimum atomic E-state index is -0.610. The molecule has 2 N–H and O–H groups in total. The van der Waals surface area contributed by atoms with Gasteiger partial charge in [-0.2, -0.15) is 5.26 Å². The number of rotatable bonds is 4. The summed E-state index contributed by atoms with van der Waals surface area (Å²) in [7, 11) is 0. The molecule has 0 atom stereocenters. The Morgan fingerprint density at radius 1 is 1.55 bits per heavy atom. The maximum atomic E-state index is 13.1. The van der Waals surface area contributed by atoms with E-state index in [1.54, 1.807) is 6.07 Å². The molecule has 0 amide bonds. The van der Waals surface area contributed by atoms with E-state index in [2.05, 4.69) is 10.1 Å². The van der Waals surface area contributed by atoms with Gasteiger partial charge in [0.2, 0.25) is 5.95 Å². The number of hydrogen-bond donors (Lipinski definition) is 1. The molecule has 20 heavy (non-hydrogen) atoms. The number of aromatic nitrogens is 3. The van der Waals surface area contributed by atoms with Crippen LogP contribution in [0.1, 0.15) is 11.1 Å². The molecule has 1 aromatic carbocycles. The van der Waals surface area contributed by atoms with Crippen LogP contribution in [-0.4, -0.2) is 20.7 Å². The Hall–Kier alpha value is -2.95. The second-order valence-corrected chi connectivity index (χ2v) is 3.89. The fraction of sp³-hybridized carbons (Fsp3) is 0.167. The molecule has 2 rings (SSSR count). The molecule has 0 aliphatic rings. The zero-order valence-corrected chi connectivity index (χ0v) is 10.3.